The third-order valence-electron chi connectivity index (χ3n) is 1.93. The van der Waals surface area contributed by atoms with Crippen LogP contribution in [0.1, 0.15) is 0 Å². The van der Waals surface area contributed by atoms with Crippen LogP contribution < -0.4 is 4.74 Å². The van der Waals surface area contributed by atoms with Gasteiger partial charge in [-0.3, -0.25) is 5.10 Å². The average molecular weight is 253 g/mol. The maximum Gasteiger partial charge on any atom is 0.128 e. The monoisotopic (exact) mass is 252 g/mol. The van der Waals surface area contributed by atoms with Gasteiger partial charge < -0.3 is 4.74 Å². The van der Waals surface area contributed by atoms with Gasteiger partial charge in [0.05, 0.1) is 12.8 Å². The van der Waals surface area contributed by atoms with Crippen LogP contribution in [0.15, 0.2) is 34.9 Å². The quantitative estimate of drug-likeness (QED) is 0.893. The molecule has 4 heteroatoms. The molecule has 2 aromatic rings. The smallest absolute Gasteiger partial charge is 0.128 e. The molecule has 0 amide bonds. The lowest BCUT2D eigenvalue weighted by atomic mass is 10.1. The molecule has 0 spiro atoms. The number of methoxy groups -OCH3 is 1. The fourth-order valence-corrected chi connectivity index (χ4v) is 1.60. The molecule has 2 rings (SSSR count). The number of ether oxygens (including phenoxy) is 1. The number of aromatic amines is 1. The highest BCUT2D eigenvalue weighted by Crippen LogP contribution is 2.28. The largest absolute Gasteiger partial charge is 0.496 e. The molecule has 3 nitrogen and oxygen atoms in total. The number of rotatable bonds is 2. The highest BCUT2D eigenvalue weighted by Gasteiger charge is 2.07. The zero-order valence-corrected chi connectivity index (χ0v) is 9.21. The number of H-pyrrole nitrogens is 1. The van der Waals surface area contributed by atoms with Crippen LogP contribution >= 0.6 is 15.9 Å². The molecule has 1 aromatic carbocycles. The van der Waals surface area contributed by atoms with Gasteiger partial charge in [0.2, 0.25) is 0 Å². The molecule has 72 valence electrons. The van der Waals surface area contributed by atoms with Crippen molar-refractivity contribution in [2.24, 2.45) is 0 Å². The fourth-order valence-electron chi connectivity index (χ4n) is 1.29. The van der Waals surface area contributed by atoms with E-state index in [2.05, 4.69) is 26.1 Å². The summed E-state index contributed by atoms with van der Waals surface area (Å²) in [6.45, 7) is 0. The second kappa shape index (κ2) is 3.84. The maximum absolute atomic E-state index is 5.24. The molecule has 0 bridgehead atoms. The van der Waals surface area contributed by atoms with Gasteiger partial charge in [0, 0.05) is 5.56 Å². The normalized spacial score (nSPS) is 10.1. The van der Waals surface area contributed by atoms with Crippen LogP contribution in [-0.4, -0.2) is 17.3 Å². The Kier molecular flexibility index (Phi) is 2.54. The number of para-hydroxylation sites is 1. The van der Waals surface area contributed by atoms with Gasteiger partial charge >= 0.3 is 0 Å². The summed E-state index contributed by atoms with van der Waals surface area (Å²) in [6, 6.07) is 9.70. The van der Waals surface area contributed by atoms with Crippen LogP contribution in [0.5, 0.6) is 5.75 Å². The molecule has 1 N–H and O–H groups in total. The number of halogens is 1. The van der Waals surface area contributed by atoms with Crippen LogP contribution in [0.2, 0.25) is 0 Å². The molecule has 0 aliphatic rings. The van der Waals surface area contributed by atoms with Crippen LogP contribution in [0.4, 0.5) is 0 Å². The van der Waals surface area contributed by atoms with E-state index in [-0.39, 0.29) is 0 Å². The molecule has 1 heterocycles. The Hall–Kier alpha value is -1.29. The minimum atomic E-state index is 0.825. The Morgan fingerprint density at radius 2 is 2.14 bits per heavy atom. The van der Waals surface area contributed by atoms with Gasteiger partial charge in [-0.2, -0.15) is 5.10 Å². The van der Waals surface area contributed by atoms with Crippen molar-refractivity contribution in [3.8, 4) is 17.0 Å². The Labute approximate surface area is 90.2 Å². The summed E-state index contributed by atoms with van der Waals surface area (Å²) < 4.78 is 6.10. The number of nitrogens with zero attached hydrogens (tertiary/aromatic N) is 1. The van der Waals surface area contributed by atoms with Crippen molar-refractivity contribution in [2.45, 2.75) is 0 Å². The molecule has 0 unspecified atom stereocenters. The van der Waals surface area contributed by atoms with Crippen molar-refractivity contribution in [1.29, 1.82) is 0 Å². The summed E-state index contributed by atoms with van der Waals surface area (Å²) in [5.41, 5.74) is 1.85. The Morgan fingerprint density at radius 1 is 1.36 bits per heavy atom. The van der Waals surface area contributed by atoms with E-state index in [1.54, 1.807) is 7.11 Å². The highest BCUT2D eigenvalue weighted by atomic mass is 79.9. The van der Waals surface area contributed by atoms with E-state index in [4.69, 9.17) is 4.74 Å². The molecular weight excluding hydrogens is 244 g/mol. The molecule has 0 saturated heterocycles. The fraction of sp³-hybridized carbons (Fsp3) is 0.100. The summed E-state index contributed by atoms with van der Waals surface area (Å²) in [5.74, 6) is 0.825. The number of benzene rings is 1. The predicted octanol–water partition coefficient (Wildman–Crippen LogP) is 2.85. The minimum absolute atomic E-state index is 0.825. The van der Waals surface area contributed by atoms with E-state index in [1.165, 1.54) is 0 Å². The second-order valence-corrected chi connectivity index (χ2v) is 3.66. The van der Waals surface area contributed by atoms with E-state index in [0.29, 0.717) is 0 Å². The van der Waals surface area contributed by atoms with Crippen LogP contribution in [-0.2, 0) is 0 Å². The number of nitrogens with one attached hydrogen (secondary N) is 1. The summed E-state index contributed by atoms with van der Waals surface area (Å²) in [5, 5.41) is 6.97. The molecule has 0 aliphatic carbocycles. The molecule has 0 fully saturated rings. The topological polar surface area (TPSA) is 37.9 Å². The lowest BCUT2D eigenvalue weighted by Gasteiger charge is -2.04. The zero-order chi connectivity index (χ0) is 9.97. The van der Waals surface area contributed by atoms with Gasteiger partial charge in [-0.1, -0.05) is 12.1 Å². The van der Waals surface area contributed by atoms with Crippen molar-refractivity contribution in [3.05, 3.63) is 34.9 Å². The number of hydrogen-bond donors (Lipinski definition) is 1. The molecule has 0 radical (unpaired) electrons. The van der Waals surface area contributed by atoms with Gasteiger partial charge in [-0.25, -0.2) is 0 Å². The SMILES string of the molecule is COc1ccccc1-c1cc(Br)[nH]n1. The van der Waals surface area contributed by atoms with Crippen molar-refractivity contribution in [3.63, 3.8) is 0 Å². The predicted molar refractivity (Wildman–Crippen MR) is 58.3 cm³/mol. The summed E-state index contributed by atoms with van der Waals surface area (Å²) in [4.78, 5) is 0. The summed E-state index contributed by atoms with van der Waals surface area (Å²) in [7, 11) is 1.65. The summed E-state index contributed by atoms with van der Waals surface area (Å²) in [6.07, 6.45) is 0. The maximum atomic E-state index is 5.24. The molecule has 0 atom stereocenters. The van der Waals surface area contributed by atoms with Gasteiger partial charge in [0.1, 0.15) is 10.4 Å². The Morgan fingerprint density at radius 3 is 2.79 bits per heavy atom. The first-order valence-corrected chi connectivity index (χ1v) is 4.95. The first-order chi connectivity index (χ1) is 6.81. The lowest BCUT2D eigenvalue weighted by Crippen LogP contribution is -1.87. The van der Waals surface area contributed by atoms with Crippen molar-refractivity contribution in [2.75, 3.05) is 7.11 Å². The van der Waals surface area contributed by atoms with E-state index in [0.717, 1.165) is 21.6 Å². The third kappa shape index (κ3) is 1.65. The molecule has 0 aliphatic heterocycles. The van der Waals surface area contributed by atoms with Crippen LogP contribution in [0.3, 0.4) is 0 Å². The standard InChI is InChI=1S/C10H9BrN2O/c1-14-9-5-3-2-4-7(9)8-6-10(11)13-12-8/h2-6H,1H3,(H,12,13). The minimum Gasteiger partial charge on any atom is -0.496 e. The molecule has 14 heavy (non-hydrogen) atoms. The third-order valence-corrected chi connectivity index (χ3v) is 2.34. The molecular formula is C10H9BrN2O. The van der Waals surface area contributed by atoms with Gasteiger partial charge in [-0.15, -0.1) is 0 Å². The Bertz CT molecular complexity index is 439. The number of hydrogen-bond acceptors (Lipinski definition) is 2. The van der Waals surface area contributed by atoms with Crippen LogP contribution in [0.25, 0.3) is 11.3 Å². The first kappa shape index (κ1) is 9.27. The molecule has 1 aromatic heterocycles. The van der Waals surface area contributed by atoms with E-state index in [9.17, 15) is 0 Å². The zero-order valence-electron chi connectivity index (χ0n) is 7.62. The Balaban J connectivity index is 2.50. The van der Waals surface area contributed by atoms with Gasteiger partial charge in [0.25, 0.3) is 0 Å². The highest BCUT2D eigenvalue weighted by molar-refractivity contribution is 9.10. The molecule has 0 saturated carbocycles. The van der Waals surface area contributed by atoms with Crippen molar-refractivity contribution in [1.82, 2.24) is 10.2 Å². The average Bonchev–Trinajstić information content (AvgIpc) is 2.65. The van der Waals surface area contributed by atoms with Crippen molar-refractivity contribution < 1.29 is 4.74 Å². The second-order valence-electron chi connectivity index (χ2n) is 2.80. The van der Waals surface area contributed by atoms with Crippen LogP contribution in [0, 0.1) is 0 Å². The van der Waals surface area contributed by atoms with E-state index in [1.807, 2.05) is 30.3 Å². The number of aromatic nitrogens is 2. The van der Waals surface area contributed by atoms with E-state index < -0.39 is 0 Å². The van der Waals surface area contributed by atoms with E-state index >= 15 is 0 Å². The van der Waals surface area contributed by atoms with Gasteiger partial charge in [-0.05, 0) is 34.1 Å². The summed E-state index contributed by atoms with van der Waals surface area (Å²) >= 11 is 3.32. The van der Waals surface area contributed by atoms with Gasteiger partial charge in [0.15, 0.2) is 0 Å². The first-order valence-electron chi connectivity index (χ1n) is 4.15. The van der Waals surface area contributed by atoms with Crippen molar-refractivity contribution >= 4 is 15.9 Å². The lowest BCUT2D eigenvalue weighted by molar-refractivity contribution is 0.416.